The quantitative estimate of drug-likeness (QED) is 0.807. The summed E-state index contributed by atoms with van der Waals surface area (Å²) >= 11 is 6.02. The Balaban J connectivity index is 2.01. The van der Waals surface area contributed by atoms with E-state index in [1.165, 1.54) is 5.56 Å². The molecular weight excluding hydrogens is 284 g/mol. The first kappa shape index (κ1) is 14.9. The molecule has 4 heteroatoms. The molecule has 114 valence electrons. The van der Waals surface area contributed by atoms with Crippen LogP contribution >= 0.6 is 11.6 Å². The van der Waals surface area contributed by atoms with E-state index in [-0.39, 0.29) is 17.0 Å². The lowest BCUT2D eigenvalue weighted by atomic mass is 9.61. The number of hydrogen-bond donors (Lipinski definition) is 1. The molecule has 2 saturated heterocycles. The summed E-state index contributed by atoms with van der Waals surface area (Å²) in [6.07, 6.45) is 1.84. The maximum absolute atomic E-state index is 12.9. The van der Waals surface area contributed by atoms with E-state index >= 15 is 0 Å². The highest BCUT2D eigenvalue weighted by atomic mass is 35.5. The fraction of sp³-hybridized carbons (Fsp3) is 0.588. The van der Waals surface area contributed by atoms with Gasteiger partial charge in [-0.15, -0.1) is 0 Å². The molecule has 1 aromatic carbocycles. The van der Waals surface area contributed by atoms with Crippen LogP contribution < -0.4 is 5.32 Å². The average Bonchev–Trinajstić information content (AvgIpc) is 2.45. The van der Waals surface area contributed by atoms with Gasteiger partial charge in [0.25, 0.3) is 0 Å². The minimum Gasteiger partial charge on any atom is -0.329 e. The Morgan fingerprint density at radius 3 is 2.29 bits per heavy atom. The molecule has 1 unspecified atom stereocenters. The van der Waals surface area contributed by atoms with E-state index in [2.05, 4.69) is 43.1 Å². The summed E-state index contributed by atoms with van der Waals surface area (Å²) in [5.74, 6) is 0.316. The number of hydrogen-bond acceptors (Lipinski definition) is 2. The van der Waals surface area contributed by atoms with Gasteiger partial charge in [-0.3, -0.25) is 4.79 Å². The second-order valence-corrected chi connectivity index (χ2v) is 7.64. The molecule has 2 heterocycles. The van der Waals surface area contributed by atoms with E-state index in [9.17, 15) is 4.79 Å². The number of carbonyl (C=O) groups excluding carboxylic acids is 1. The first-order valence-electron chi connectivity index (χ1n) is 7.66. The Morgan fingerprint density at radius 1 is 1.19 bits per heavy atom. The van der Waals surface area contributed by atoms with Gasteiger partial charge in [0.05, 0.1) is 11.5 Å². The maximum atomic E-state index is 12.9. The van der Waals surface area contributed by atoms with Crippen LogP contribution in [0.5, 0.6) is 0 Å². The van der Waals surface area contributed by atoms with E-state index in [1.807, 2.05) is 12.1 Å². The predicted octanol–water partition coefficient (Wildman–Crippen LogP) is 3.39. The van der Waals surface area contributed by atoms with Crippen molar-refractivity contribution in [1.82, 2.24) is 10.2 Å². The monoisotopic (exact) mass is 306 g/mol. The molecule has 3 rings (SSSR count). The number of amides is 1. The predicted molar refractivity (Wildman–Crippen MR) is 85.3 cm³/mol. The number of halogens is 1. The maximum Gasteiger partial charge on any atom is 0.232 e. The van der Waals surface area contributed by atoms with Crippen molar-refractivity contribution in [2.24, 2.45) is 5.41 Å². The van der Waals surface area contributed by atoms with Crippen LogP contribution in [0.4, 0.5) is 0 Å². The standard InChI is InChI=1S/C17H23ClN2O/c1-16(2,3)20-14(12-4-6-13(18)7-5-12)17(15(20)21)8-10-19-11-9-17/h4-7,14,19H,8-11H2,1-3H3. The molecule has 2 fully saturated rings. The van der Waals surface area contributed by atoms with E-state index in [0.717, 1.165) is 31.0 Å². The molecule has 0 aromatic heterocycles. The summed E-state index contributed by atoms with van der Waals surface area (Å²) in [6.45, 7) is 8.19. The van der Waals surface area contributed by atoms with Gasteiger partial charge >= 0.3 is 0 Å². The summed E-state index contributed by atoms with van der Waals surface area (Å²) in [4.78, 5) is 15.0. The van der Waals surface area contributed by atoms with Crippen molar-refractivity contribution in [2.75, 3.05) is 13.1 Å². The number of β-lactam (4-membered cyclic amide) rings is 1. The zero-order valence-corrected chi connectivity index (χ0v) is 13.7. The Hall–Kier alpha value is -1.06. The molecule has 0 aliphatic carbocycles. The molecular formula is C17H23ClN2O. The first-order valence-corrected chi connectivity index (χ1v) is 8.04. The lowest BCUT2D eigenvalue weighted by Gasteiger charge is -2.62. The van der Waals surface area contributed by atoms with Crippen molar-refractivity contribution >= 4 is 17.5 Å². The van der Waals surface area contributed by atoms with Gasteiger partial charge < -0.3 is 10.2 Å². The van der Waals surface area contributed by atoms with Crippen molar-refractivity contribution in [3.05, 3.63) is 34.9 Å². The fourth-order valence-electron chi connectivity index (χ4n) is 3.82. The summed E-state index contributed by atoms with van der Waals surface area (Å²) in [6, 6.07) is 8.17. The van der Waals surface area contributed by atoms with Crippen LogP contribution in [0.3, 0.4) is 0 Å². The van der Waals surface area contributed by atoms with Gasteiger partial charge in [0.2, 0.25) is 5.91 Å². The van der Waals surface area contributed by atoms with Crippen LogP contribution in [-0.2, 0) is 4.79 Å². The number of benzene rings is 1. The van der Waals surface area contributed by atoms with E-state index in [1.54, 1.807) is 0 Å². The minimum atomic E-state index is -0.216. The van der Waals surface area contributed by atoms with Gasteiger partial charge in [-0.25, -0.2) is 0 Å². The zero-order valence-electron chi connectivity index (χ0n) is 12.9. The van der Waals surface area contributed by atoms with Gasteiger partial charge in [-0.2, -0.15) is 0 Å². The summed E-state index contributed by atoms with van der Waals surface area (Å²) in [7, 11) is 0. The first-order chi connectivity index (χ1) is 9.86. The fourth-order valence-corrected chi connectivity index (χ4v) is 3.95. The molecule has 0 bridgehead atoms. The molecule has 21 heavy (non-hydrogen) atoms. The molecule has 2 aliphatic heterocycles. The number of nitrogens with zero attached hydrogens (tertiary/aromatic N) is 1. The second kappa shape index (κ2) is 4.99. The molecule has 0 radical (unpaired) electrons. The Morgan fingerprint density at radius 2 is 1.76 bits per heavy atom. The van der Waals surface area contributed by atoms with Crippen molar-refractivity contribution in [1.29, 1.82) is 0 Å². The smallest absolute Gasteiger partial charge is 0.232 e. The van der Waals surface area contributed by atoms with Gasteiger partial charge in [-0.05, 0) is 64.4 Å². The Bertz CT molecular complexity index is 541. The highest BCUT2D eigenvalue weighted by Crippen LogP contribution is 2.57. The third-order valence-electron chi connectivity index (χ3n) is 4.83. The van der Waals surface area contributed by atoms with E-state index in [4.69, 9.17) is 11.6 Å². The van der Waals surface area contributed by atoms with Crippen molar-refractivity contribution in [3.8, 4) is 0 Å². The molecule has 2 aliphatic rings. The number of piperidine rings is 1. The van der Waals surface area contributed by atoms with Gasteiger partial charge in [-0.1, -0.05) is 23.7 Å². The normalized spacial score (nSPS) is 25.0. The largest absolute Gasteiger partial charge is 0.329 e. The number of rotatable bonds is 1. The third kappa shape index (κ3) is 2.27. The van der Waals surface area contributed by atoms with Crippen molar-refractivity contribution in [2.45, 2.75) is 45.2 Å². The zero-order chi connectivity index (χ0) is 15.3. The number of carbonyl (C=O) groups is 1. The van der Waals surface area contributed by atoms with Crippen molar-refractivity contribution in [3.63, 3.8) is 0 Å². The van der Waals surface area contributed by atoms with Crippen LogP contribution in [0.15, 0.2) is 24.3 Å². The molecule has 1 spiro atoms. The molecule has 1 N–H and O–H groups in total. The van der Waals surface area contributed by atoms with Crippen LogP contribution in [0.2, 0.25) is 5.02 Å². The lowest BCUT2D eigenvalue weighted by Crippen LogP contribution is -2.70. The molecule has 1 aromatic rings. The molecule has 1 atom stereocenters. The topological polar surface area (TPSA) is 32.3 Å². The molecule has 0 saturated carbocycles. The Labute approximate surface area is 131 Å². The average molecular weight is 307 g/mol. The molecule has 3 nitrogen and oxygen atoms in total. The highest BCUT2D eigenvalue weighted by Gasteiger charge is 2.63. The summed E-state index contributed by atoms with van der Waals surface area (Å²) < 4.78 is 0. The third-order valence-corrected chi connectivity index (χ3v) is 5.08. The van der Waals surface area contributed by atoms with Crippen molar-refractivity contribution < 1.29 is 4.79 Å². The van der Waals surface area contributed by atoms with Gasteiger partial charge in [0, 0.05) is 10.6 Å². The van der Waals surface area contributed by atoms with E-state index < -0.39 is 0 Å². The van der Waals surface area contributed by atoms with Crippen LogP contribution in [0.25, 0.3) is 0 Å². The number of likely N-dealkylation sites (tertiary alicyclic amines) is 1. The summed E-state index contributed by atoms with van der Waals surface area (Å²) in [5, 5.41) is 4.11. The van der Waals surface area contributed by atoms with E-state index in [0.29, 0.717) is 5.91 Å². The SMILES string of the molecule is CC(C)(C)N1C(=O)C2(CCNCC2)C1c1ccc(Cl)cc1. The van der Waals surface area contributed by atoms with Gasteiger partial charge in [0.1, 0.15) is 0 Å². The lowest BCUT2D eigenvalue weighted by molar-refractivity contribution is -0.189. The second-order valence-electron chi connectivity index (χ2n) is 7.21. The van der Waals surface area contributed by atoms with Crippen LogP contribution in [-0.4, -0.2) is 29.4 Å². The Kier molecular flexibility index (Phi) is 3.53. The minimum absolute atomic E-state index is 0.155. The number of nitrogens with one attached hydrogen (secondary N) is 1. The highest BCUT2D eigenvalue weighted by molar-refractivity contribution is 6.30. The van der Waals surface area contributed by atoms with Crippen LogP contribution in [0, 0.1) is 5.41 Å². The molecule has 1 amide bonds. The van der Waals surface area contributed by atoms with Crippen LogP contribution in [0.1, 0.15) is 45.2 Å². The summed E-state index contributed by atoms with van der Waals surface area (Å²) in [5.41, 5.74) is 0.833. The van der Waals surface area contributed by atoms with Gasteiger partial charge in [0.15, 0.2) is 0 Å².